The molecular formula is C22H16N8O. The van der Waals surface area contributed by atoms with Gasteiger partial charge in [0.15, 0.2) is 0 Å². The Bertz CT molecular complexity index is 1580. The molecule has 6 aromatic rings. The molecule has 6 rings (SSSR count). The minimum atomic E-state index is 0.0933. The fraction of sp³-hybridized carbons (Fsp3) is 0.0455. The molecule has 0 fully saturated rings. The molecule has 9 heteroatoms. The van der Waals surface area contributed by atoms with E-state index in [2.05, 4.69) is 35.1 Å². The maximum absolute atomic E-state index is 9.76. The summed E-state index contributed by atoms with van der Waals surface area (Å²) in [5, 5.41) is 19.2. The Balaban J connectivity index is 1.51. The number of aryl methyl sites for hydroxylation is 1. The average Bonchev–Trinajstić information content (AvgIpc) is 3.50. The number of nitrogens with one attached hydrogen (secondary N) is 2. The molecule has 150 valence electrons. The highest BCUT2D eigenvalue weighted by Gasteiger charge is 2.15. The molecule has 0 unspecified atom stereocenters. The second-order valence-corrected chi connectivity index (χ2v) is 7.32. The van der Waals surface area contributed by atoms with Crippen LogP contribution in [0.3, 0.4) is 0 Å². The van der Waals surface area contributed by atoms with Crippen molar-refractivity contribution in [1.29, 1.82) is 0 Å². The van der Waals surface area contributed by atoms with Gasteiger partial charge in [-0.3, -0.25) is 15.1 Å². The van der Waals surface area contributed by atoms with Gasteiger partial charge >= 0.3 is 0 Å². The van der Waals surface area contributed by atoms with Gasteiger partial charge in [-0.05, 0) is 31.2 Å². The predicted molar refractivity (Wildman–Crippen MR) is 116 cm³/mol. The summed E-state index contributed by atoms with van der Waals surface area (Å²) in [5.41, 5.74) is 6.53. The van der Waals surface area contributed by atoms with Gasteiger partial charge in [0.1, 0.15) is 17.1 Å². The van der Waals surface area contributed by atoms with E-state index in [1.807, 2.05) is 35.9 Å². The summed E-state index contributed by atoms with van der Waals surface area (Å²) in [4.78, 5) is 20.7. The van der Waals surface area contributed by atoms with Gasteiger partial charge in [-0.1, -0.05) is 0 Å². The van der Waals surface area contributed by atoms with Gasteiger partial charge < -0.3 is 14.7 Å². The zero-order chi connectivity index (χ0) is 20.9. The second-order valence-electron chi connectivity index (χ2n) is 7.32. The first-order chi connectivity index (χ1) is 15.2. The summed E-state index contributed by atoms with van der Waals surface area (Å²) in [6, 6.07) is 7.57. The summed E-state index contributed by atoms with van der Waals surface area (Å²) in [6.07, 6.45) is 10.3. The number of imidazole rings is 1. The first kappa shape index (κ1) is 17.3. The van der Waals surface area contributed by atoms with Crippen LogP contribution in [0.1, 0.15) is 5.69 Å². The van der Waals surface area contributed by atoms with Crippen molar-refractivity contribution in [1.82, 2.24) is 39.7 Å². The van der Waals surface area contributed by atoms with Crippen LogP contribution in [0.4, 0.5) is 0 Å². The smallest absolute Gasteiger partial charge is 0.139 e. The highest BCUT2D eigenvalue weighted by molar-refractivity contribution is 5.97. The Morgan fingerprint density at radius 1 is 1.00 bits per heavy atom. The number of aromatic nitrogens is 8. The lowest BCUT2D eigenvalue weighted by Gasteiger charge is -2.02. The number of rotatable bonds is 3. The molecule has 31 heavy (non-hydrogen) atoms. The lowest BCUT2D eigenvalue weighted by atomic mass is 10.1. The third-order valence-corrected chi connectivity index (χ3v) is 5.22. The molecule has 6 heterocycles. The maximum Gasteiger partial charge on any atom is 0.139 e. The summed E-state index contributed by atoms with van der Waals surface area (Å²) >= 11 is 0. The Labute approximate surface area is 175 Å². The van der Waals surface area contributed by atoms with Gasteiger partial charge in [-0.2, -0.15) is 5.10 Å². The zero-order valence-corrected chi connectivity index (χ0v) is 16.4. The third kappa shape index (κ3) is 2.83. The molecule has 0 radical (unpaired) electrons. The second kappa shape index (κ2) is 6.49. The Hall–Kier alpha value is -4.53. The molecule has 0 aromatic carbocycles. The monoisotopic (exact) mass is 408 g/mol. The van der Waals surface area contributed by atoms with Crippen molar-refractivity contribution < 1.29 is 5.11 Å². The molecule has 3 N–H and O–H groups in total. The van der Waals surface area contributed by atoms with Gasteiger partial charge in [0.05, 0.1) is 47.0 Å². The first-order valence-corrected chi connectivity index (χ1v) is 9.63. The van der Waals surface area contributed by atoms with Crippen molar-refractivity contribution in [3.05, 3.63) is 67.3 Å². The van der Waals surface area contributed by atoms with Crippen molar-refractivity contribution in [3.8, 4) is 34.1 Å². The van der Waals surface area contributed by atoms with Crippen LogP contribution in [0.25, 0.3) is 50.3 Å². The van der Waals surface area contributed by atoms with Crippen LogP contribution in [-0.2, 0) is 0 Å². The van der Waals surface area contributed by atoms with E-state index < -0.39 is 0 Å². The van der Waals surface area contributed by atoms with Gasteiger partial charge in [-0.25, -0.2) is 9.97 Å². The van der Waals surface area contributed by atoms with Crippen LogP contribution < -0.4 is 0 Å². The standard InChI is InChI=1S/C22H16N8O/c1-12-10-30(11-26-12)20-2-3-24-22-16(20)6-18(27-22)21-15-5-17(25-9-19(15)28-29-21)13-4-14(31)8-23-7-13/h2-11,31H,1H3,(H,24,27)(H,28,29). The minimum absolute atomic E-state index is 0.0933. The van der Waals surface area contributed by atoms with Crippen molar-refractivity contribution in [2.45, 2.75) is 6.92 Å². The van der Waals surface area contributed by atoms with Crippen molar-refractivity contribution in [2.75, 3.05) is 0 Å². The van der Waals surface area contributed by atoms with Crippen molar-refractivity contribution in [3.63, 3.8) is 0 Å². The molecule has 0 aliphatic heterocycles. The third-order valence-electron chi connectivity index (χ3n) is 5.22. The SMILES string of the molecule is Cc1cn(-c2ccnc3[nH]c(-c4n[nH]c5cnc(-c6cncc(O)c6)cc45)cc23)cn1. The number of H-pyrrole nitrogens is 2. The summed E-state index contributed by atoms with van der Waals surface area (Å²) in [5.74, 6) is 0.0933. The number of aromatic hydroxyl groups is 1. The zero-order valence-electron chi connectivity index (χ0n) is 16.4. The van der Waals surface area contributed by atoms with E-state index in [9.17, 15) is 5.11 Å². The van der Waals surface area contributed by atoms with E-state index in [1.165, 1.54) is 6.20 Å². The number of hydrogen-bond acceptors (Lipinski definition) is 6. The fourth-order valence-electron chi connectivity index (χ4n) is 3.77. The van der Waals surface area contributed by atoms with E-state index in [-0.39, 0.29) is 5.75 Å². The van der Waals surface area contributed by atoms with E-state index >= 15 is 0 Å². The van der Waals surface area contributed by atoms with Crippen molar-refractivity contribution >= 4 is 21.9 Å². The van der Waals surface area contributed by atoms with Gasteiger partial charge in [0, 0.05) is 34.9 Å². The highest BCUT2D eigenvalue weighted by Crippen LogP contribution is 2.32. The average molecular weight is 408 g/mol. The normalized spacial score (nSPS) is 11.5. The lowest BCUT2D eigenvalue weighted by molar-refractivity contribution is 0.473. The molecule has 0 spiro atoms. The molecule has 0 aliphatic carbocycles. The number of pyridine rings is 3. The van der Waals surface area contributed by atoms with E-state index in [0.29, 0.717) is 5.69 Å². The number of fused-ring (bicyclic) bond motifs is 2. The van der Waals surface area contributed by atoms with Crippen molar-refractivity contribution in [2.24, 2.45) is 0 Å². The van der Waals surface area contributed by atoms with E-state index in [0.717, 1.165) is 50.3 Å². The number of nitrogens with zero attached hydrogens (tertiary/aromatic N) is 6. The maximum atomic E-state index is 9.76. The number of hydrogen-bond donors (Lipinski definition) is 3. The molecule has 0 atom stereocenters. The van der Waals surface area contributed by atoms with Gasteiger partial charge in [0.25, 0.3) is 0 Å². The molecule has 0 amide bonds. The Morgan fingerprint density at radius 2 is 1.94 bits per heavy atom. The molecule has 0 saturated carbocycles. The number of aromatic amines is 2. The molecule has 0 saturated heterocycles. The van der Waals surface area contributed by atoms with Crippen LogP contribution >= 0.6 is 0 Å². The predicted octanol–water partition coefficient (Wildman–Crippen LogP) is 3.76. The van der Waals surface area contributed by atoms with E-state index in [4.69, 9.17) is 0 Å². The topological polar surface area (TPSA) is 121 Å². The molecule has 6 aromatic heterocycles. The van der Waals surface area contributed by atoms with Crippen LogP contribution in [0.2, 0.25) is 0 Å². The van der Waals surface area contributed by atoms with Crippen LogP contribution in [0.15, 0.2) is 61.6 Å². The Morgan fingerprint density at radius 3 is 2.77 bits per heavy atom. The lowest BCUT2D eigenvalue weighted by Crippen LogP contribution is -1.91. The quantitative estimate of drug-likeness (QED) is 0.410. The van der Waals surface area contributed by atoms with Crippen LogP contribution in [0, 0.1) is 6.92 Å². The molecule has 9 nitrogen and oxygen atoms in total. The molecule has 0 aliphatic rings. The molecular weight excluding hydrogens is 392 g/mol. The minimum Gasteiger partial charge on any atom is -0.506 e. The largest absolute Gasteiger partial charge is 0.506 e. The van der Waals surface area contributed by atoms with Crippen LogP contribution in [-0.4, -0.2) is 44.8 Å². The summed E-state index contributed by atoms with van der Waals surface area (Å²) < 4.78 is 1.98. The van der Waals surface area contributed by atoms with Gasteiger partial charge in [-0.15, -0.1) is 0 Å². The summed E-state index contributed by atoms with van der Waals surface area (Å²) in [6.45, 7) is 1.96. The summed E-state index contributed by atoms with van der Waals surface area (Å²) in [7, 11) is 0. The van der Waals surface area contributed by atoms with Gasteiger partial charge in [0.2, 0.25) is 0 Å². The van der Waals surface area contributed by atoms with E-state index in [1.54, 1.807) is 31.0 Å². The molecule has 0 bridgehead atoms. The fourth-order valence-corrected chi connectivity index (χ4v) is 3.77. The Kier molecular flexibility index (Phi) is 3.63. The van der Waals surface area contributed by atoms with Crippen LogP contribution in [0.5, 0.6) is 5.75 Å². The first-order valence-electron chi connectivity index (χ1n) is 9.63. The highest BCUT2D eigenvalue weighted by atomic mass is 16.3.